The molecule has 3 rings (SSSR count). The highest BCUT2D eigenvalue weighted by Crippen LogP contribution is 2.25. The summed E-state index contributed by atoms with van der Waals surface area (Å²) in [7, 11) is 0. The van der Waals surface area contributed by atoms with Crippen molar-refractivity contribution in [3.63, 3.8) is 0 Å². The molecule has 0 bridgehead atoms. The van der Waals surface area contributed by atoms with Crippen molar-refractivity contribution in [2.24, 2.45) is 0 Å². The number of fused-ring (bicyclic) bond motifs is 1. The number of hydrogen-bond acceptors (Lipinski definition) is 4. The summed E-state index contributed by atoms with van der Waals surface area (Å²) in [5, 5.41) is 19.0. The maximum Gasteiger partial charge on any atom is 0.153 e. The highest BCUT2D eigenvalue weighted by atomic mass is 16.3. The fraction of sp³-hybridized carbons (Fsp3) is 0.417. The quantitative estimate of drug-likeness (QED) is 0.788. The number of pyridine rings is 1. The molecule has 1 aliphatic heterocycles. The maximum atomic E-state index is 9.56. The highest BCUT2D eigenvalue weighted by molar-refractivity contribution is 5.56. The predicted molar refractivity (Wildman–Crippen MR) is 64.0 cm³/mol. The van der Waals surface area contributed by atoms with E-state index in [1.54, 1.807) is 0 Å². The Morgan fingerprint density at radius 1 is 1.41 bits per heavy atom. The van der Waals surface area contributed by atoms with Gasteiger partial charge in [-0.05, 0) is 18.6 Å². The zero-order valence-electron chi connectivity index (χ0n) is 9.45. The van der Waals surface area contributed by atoms with E-state index in [4.69, 9.17) is 0 Å². The van der Waals surface area contributed by atoms with Crippen LogP contribution in [0.5, 0.6) is 0 Å². The number of nitrogens with zero attached hydrogens (tertiary/aromatic N) is 3. The van der Waals surface area contributed by atoms with Crippen molar-refractivity contribution >= 4 is 11.5 Å². The van der Waals surface area contributed by atoms with Crippen molar-refractivity contribution in [3.8, 4) is 0 Å². The van der Waals surface area contributed by atoms with E-state index in [1.807, 2.05) is 33.7 Å². The van der Waals surface area contributed by atoms with Crippen LogP contribution in [0.2, 0.25) is 0 Å². The minimum atomic E-state index is -0.286. The lowest BCUT2D eigenvalue weighted by Crippen LogP contribution is -2.22. The summed E-state index contributed by atoms with van der Waals surface area (Å²) in [6.45, 7) is 1.34. The smallest absolute Gasteiger partial charge is 0.153 e. The van der Waals surface area contributed by atoms with E-state index >= 15 is 0 Å². The minimum Gasteiger partial charge on any atom is -0.391 e. The molecule has 17 heavy (non-hydrogen) atoms. The van der Waals surface area contributed by atoms with E-state index < -0.39 is 0 Å². The SMILES string of the molecule is OCc1c(N2CCC(O)C2)nc2ccccn12. The van der Waals surface area contributed by atoms with Crippen molar-refractivity contribution in [2.75, 3.05) is 18.0 Å². The van der Waals surface area contributed by atoms with Crippen LogP contribution in [0.25, 0.3) is 5.65 Å². The molecule has 3 heterocycles. The second-order valence-corrected chi connectivity index (χ2v) is 4.36. The van der Waals surface area contributed by atoms with Crippen LogP contribution in [-0.2, 0) is 6.61 Å². The number of imidazole rings is 1. The number of β-amino-alcohol motifs (C(OH)–C–C–N with tert-alkyl or cyclic N) is 1. The molecule has 5 nitrogen and oxygen atoms in total. The second-order valence-electron chi connectivity index (χ2n) is 4.36. The average molecular weight is 233 g/mol. The number of aliphatic hydroxyl groups is 2. The van der Waals surface area contributed by atoms with Gasteiger partial charge in [0.2, 0.25) is 0 Å². The monoisotopic (exact) mass is 233 g/mol. The van der Waals surface area contributed by atoms with E-state index in [2.05, 4.69) is 4.98 Å². The summed E-state index contributed by atoms with van der Waals surface area (Å²) in [4.78, 5) is 6.55. The van der Waals surface area contributed by atoms with Gasteiger partial charge in [-0.2, -0.15) is 0 Å². The molecule has 0 amide bonds. The Morgan fingerprint density at radius 2 is 2.29 bits per heavy atom. The Morgan fingerprint density at radius 3 is 3.00 bits per heavy atom. The van der Waals surface area contributed by atoms with Crippen LogP contribution in [0, 0.1) is 0 Å². The normalized spacial score (nSPS) is 20.4. The summed E-state index contributed by atoms with van der Waals surface area (Å²) < 4.78 is 1.89. The van der Waals surface area contributed by atoms with E-state index in [0.29, 0.717) is 6.54 Å². The van der Waals surface area contributed by atoms with Crippen molar-refractivity contribution < 1.29 is 10.2 Å². The van der Waals surface area contributed by atoms with Crippen molar-refractivity contribution in [3.05, 3.63) is 30.1 Å². The molecule has 1 unspecified atom stereocenters. The lowest BCUT2D eigenvalue weighted by molar-refractivity contribution is 0.198. The van der Waals surface area contributed by atoms with E-state index in [-0.39, 0.29) is 12.7 Å². The molecule has 0 radical (unpaired) electrons. The maximum absolute atomic E-state index is 9.56. The molecule has 0 aliphatic carbocycles. The fourth-order valence-corrected chi connectivity index (χ4v) is 2.37. The molecule has 0 saturated carbocycles. The van der Waals surface area contributed by atoms with Crippen molar-refractivity contribution in [2.45, 2.75) is 19.1 Å². The van der Waals surface area contributed by atoms with Gasteiger partial charge in [0.25, 0.3) is 0 Å². The molecule has 1 fully saturated rings. The first-order valence-corrected chi connectivity index (χ1v) is 5.79. The van der Waals surface area contributed by atoms with Gasteiger partial charge in [-0.1, -0.05) is 6.07 Å². The van der Waals surface area contributed by atoms with Gasteiger partial charge >= 0.3 is 0 Å². The first-order chi connectivity index (χ1) is 8.29. The van der Waals surface area contributed by atoms with E-state index in [1.165, 1.54) is 0 Å². The van der Waals surface area contributed by atoms with Crippen LogP contribution >= 0.6 is 0 Å². The standard InChI is InChI=1S/C12H15N3O2/c16-8-10-12(14-6-4-9(17)7-14)13-11-3-1-2-5-15(10)11/h1-3,5,9,16-17H,4,6-8H2. The molecule has 5 heteroatoms. The highest BCUT2D eigenvalue weighted by Gasteiger charge is 2.25. The average Bonchev–Trinajstić information content (AvgIpc) is 2.91. The Balaban J connectivity index is 2.09. The Labute approximate surface area is 98.9 Å². The molecule has 2 aromatic rings. The molecule has 2 N–H and O–H groups in total. The molecular weight excluding hydrogens is 218 g/mol. The van der Waals surface area contributed by atoms with Gasteiger partial charge in [0, 0.05) is 19.3 Å². The Kier molecular flexibility index (Phi) is 2.49. The molecular formula is C12H15N3O2. The van der Waals surface area contributed by atoms with Crippen LogP contribution in [0.3, 0.4) is 0 Å². The molecule has 1 saturated heterocycles. The van der Waals surface area contributed by atoms with Gasteiger partial charge in [-0.25, -0.2) is 4.98 Å². The third kappa shape index (κ3) is 1.67. The molecule has 1 atom stereocenters. The van der Waals surface area contributed by atoms with Gasteiger partial charge < -0.3 is 15.1 Å². The predicted octanol–water partition coefficient (Wildman–Crippen LogP) is 0.398. The first kappa shape index (κ1) is 10.6. The third-order valence-electron chi connectivity index (χ3n) is 3.22. The van der Waals surface area contributed by atoms with Crippen molar-refractivity contribution in [1.82, 2.24) is 9.38 Å². The molecule has 90 valence electrons. The molecule has 1 aliphatic rings. The molecule has 0 spiro atoms. The second kappa shape index (κ2) is 4.01. The number of aromatic nitrogens is 2. The number of aliphatic hydroxyl groups excluding tert-OH is 2. The first-order valence-electron chi connectivity index (χ1n) is 5.79. The minimum absolute atomic E-state index is 0.0485. The number of hydrogen-bond donors (Lipinski definition) is 2. The lowest BCUT2D eigenvalue weighted by Gasteiger charge is -2.15. The number of anilines is 1. The zero-order valence-corrected chi connectivity index (χ0v) is 9.45. The van der Waals surface area contributed by atoms with Crippen LogP contribution in [0.1, 0.15) is 12.1 Å². The van der Waals surface area contributed by atoms with Crippen LogP contribution < -0.4 is 4.90 Å². The van der Waals surface area contributed by atoms with Crippen molar-refractivity contribution in [1.29, 1.82) is 0 Å². The Bertz CT molecular complexity index is 538. The lowest BCUT2D eigenvalue weighted by atomic mass is 10.3. The van der Waals surface area contributed by atoms with Crippen LogP contribution in [0.4, 0.5) is 5.82 Å². The van der Waals surface area contributed by atoms with Gasteiger partial charge in [0.1, 0.15) is 5.65 Å². The summed E-state index contributed by atoms with van der Waals surface area (Å²) in [5.74, 6) is 0.787. The van der Waals surface area contributed by atoms with Gasteiger partial charge in [-0.3, -0.25) is 4.40 Å². The van der Waals surface area contributed by atoms with Crippen LogP contribution in [-0.4, -0.2) is 38.8 Å². The van der Waals surface area contributed by atoms with Crippen LogP contribution in [0.15, 0.2) is 24.4 Å². The fourth-order valence-electron chi connectivity index (χ4n) is 2.37. The summed E-state index contributed by atoms with van der Waals surface area (Å²) in [6, 6.07) is 5.75. The van der Waals surface area contributed by atoms with E-state index in [0.717, 1.165) is 30.1 Å². The summed E-state index contributed by atoms with van der Waals surface area (Å²) >= 11 is 0. The zero-order chi connectivity index (χ0) is 11.8. The topological polar surface area (TPSA) is 61.0 Å². The van der Waals surface area contributed by atoms with Gasteiger partial charge in [0.05, 0.1) is 18.4 Å². The summed E-state index contributed by atoms with van der Waals surface area (Å²) in [5.41, 5.74) is 1.61. The molecule has 2 aromatic heterocycles. The molecule has 0 aromatic carbocycles. The van der Waals surface area contributed by atoms with Gasteiger partial charge in [-0.15, -0.1) is 0 Å². The Hall–Kier alpha value is -1.59. The summed E-state index contributed by atoms with van der Waals surface area (Å²) in [6.07, 6.45) is 2.37. The van der Waals surface area contributed by atoms with E-state index in [9.17, 15) is 10.2 Å². The third-order valence-corrected chi connectivity index (χ3v) is 3.22. The van der Waals surface area contributed by atoms with Gasteiger partial charge in [0.15, 0.2) is 5.82 Å². The largest absolute Gasteiger partial charge is 0.391 e. The number of rotatable bonds is 2.